The summed E-state index contributed by atoms with van der Waals surface area (Å²) in [6.07, 6.45) is 0. The molecule has 0 saturated carbocycles. The summed E-state index contributed by atoms with van der Waals surface area (Å²) in [7, 11) is 0. The molecule has 0 aliphatic rings. The number of hydrogen-bond acceptors (Lipinski definition) is 10. The Balaban J connectivity index is 0.000000182. The van der Waals surface area contributed by atoms with Crippen molar-refractivity contribution < 1.29 is 19.8 Å². The third-order valence-corrected chi connectivity index (χ3v) is 8.52. The fourth-order valence-electron chi connectivity index (χ4n) is 2.65. The third-order valence-electron chi connectivity index (χ3n) is 4.29. The van der Waals surface area contributed by atoms with E-state index in [2.05, 4.69) is 33.0 Å². The van der Waals surface area contributed by atoms with Gasteiger partial charge in [0.25, 0.3) is 0 Å². The number of carboxylic acid groups (broad SMARTS) is 2. The summed E-state index contributed by atoms with van der Waals surface area (Å²) in [6.45, 7) is 7.98. The molecule has 0 aliphatic heterocycles. The van der Waals surface area contributed by atoms with Crippen molar-refractivity contribution in [2.75, 3.05) is 0 Å². The van der Waals surface area contributed by atoms with E-state index in [0.717, 1.165) is 9.40 Å². The molecule has 0 aliphatic carbocycles. The number of fused-ring (bicyclic) bond motifs is 2. The molecule has 0 spiro atoms. The van der Waals surface area contributed by atoms with E-state index in [1.807, 2.05) is 0 Å². The zero-order chi connectivity index (χ0) is 23.0. The van der Waals surface area contributed by atoms with E-state index in [0.29, 0.717) is 22.2 Å². The van der Waals surface area contributed by atoms with Crippen molar-refractivity contribution >= 4 is 76.6 Å². The summed E-state index contributed by atoms with van der Waals surface area (Å²) in [5.74, 6) is -2.35. The smallest absolute Gasteiger partial charge is 0.109 e. The van der Waals surface area contributed by atoms with Crippen molar-refractivity contribution in [3.63, 3.8) is 0 Å². The van der Waals surface area contributed by atoms with Gasteiger partial charge in [-0.15, -0.1) is 10.2 Å². The number of nitrogens with zero attached hydrogens (tertiary/aromatic N) is 4. The van der Waals surface area contributed by atoms with E-state index in [1.165, 1.54) is 44.1 Å². The molecule has 0 fully saturated rings. The van der Waals surface area contributed by atoms with Gasteiger partial charge < -0.3 is 19.8 Å². The standard InChI is InChI=1S/2C8H6N2O2S.2C2H5.Sn/c2*1-4-5(8(11)12)2-3-6-7(4)9-10-13-6;2*1-2;/h2*2-3H,1H3,(H,11,12);2*1H2,2H3;/q;;;;+2/p-2. The number of carbonyl (C=O) groups is 2. The first kappa shape index (κ1) is 25.1. The van der Waals surface area contributed by atoms with Gasteiger partial charge in [-0.25, -0.2) is 0 Å². The molecule has 0 amide bonds. The molecule has 11 heteroatoms. The third kappa shape index (κ3) is 6.40. The van der Waals surface area contributed by atoms with Crippen LogP contribution in [0.5, 0.6) is 0 Å². The maximum Gasteiger partial charge on any atom is 0.109 e. The van der Waals surface area contributed by atoms with Crippen molar-refractivity contribution in [1.82, 2.24) is 19.2 Å². The van der Waals surface area contributed by atoms with Crippen molar-refractivity contribution in [3.05, 3.63) is 46.5 Å². The van der Waals surface area contributed by atoms with Gasteiger partial charge in [-0.3, -0.25) is 0 Å². The fraction of sp³-hybridized carbons (Fsp3) is 0.300. The van der Waals surface area contributed by atoms with E-state index < -0.39 is 11.9 Å². The van der Waals surface area contributed by atoms with Crippen LogP contribution in [-0.4, -0.2) is 52.3 Å². The molecule has 4 rings (SSSR count). The molecule has 31 heavy (non-hydrogen) atoms. The molecule has 2 heterocycles. The monoisotopic (exact) mass is 564 g/mol. The first-order valence-corrected chi connectivity index (χ1v) is 15.0. The zero-order valence-corrected chi connectivity index (χ0v) is 21.9. The molecule has 0 saturated heterocycles. The topological polar surface area (TPSA) is 132 Å². The van der Waals surface area contributed by atoms with Crippen molar-refractivity contribution in [2.24, 2.45) is 0 Å². The van der Waals surface area contributed by atoms with Crippen LogP contribution in [0.1, 0.15) is 45.7 Å². The number of carboxylic acids is 2. The molecule has 0 unspecified atom stereocenters. The van der Waals surface area contributed by atoms with Gasteiger partial charge in [0.1, 0.15) is 11.0 Å². The quantitative estimate of drug-likeness (QED) is 0.346. The summed E-state index contributed by atoms with van der Waals surface area (Å²) < 4.78 is 12.3. The number of hydrogen-bond donors (Lipinski definition) is 0. The largest absolute Gasteiger partial charge is 0.545 e. The number of aromatic nitrogens is 4. The summed E-state index contributed by atoms with van der Waals surface area (Å²) in [4.78, 5) is 21.3. The van der Waals surface area contributed by atoms with Gasteiger partial charge >= 0.3 is 43.9 Å². The maximum atomic E-state index is 10.6. The van der Waals surface area contributed by atoms with Gasteiger partial charge in [0.05, 0.1) is 21.3 Å². The van der Waals surface area contributed by atoms with Crippen LogP contribution >= 0.6 is 23.1 Å². The molecule has 0 radical (unpaired) electrons. The molecular formula is C20H20N4O4S2Sn. The minimum atomic E-state index is -1.17. The van der Waals surface area contributed by atoms with Gasteiger partial charge in [0.15, 0.2) is 0 Å². The molecule has 0 atom stereocenters. The second-order valence-electron chi connectivity index (χ2n) is 6.25. The van der Waals surface area contributed by atoms with Crippen LogP contribution in [0.25, 0.3) is 20.4 Å². The summed E-state index contributed by atoms with van der Waals surface area (Å²) >= 11 is 2.71. The van der Waals surface area contributed by atoms with Gasteiger partial charge in [-0.05, 0) is 60.2 Å². The van der Waals surface area contributed by atoms with E-state index in [9.17, 15) is 19.8 Å². The number of rotatable bonds is 4. The van der Waals surface area contributed by atoms with Crippen molar-refractivity contribution in [2.45, 2.75) is 36.6 Å². The van der Waals surface area contributed by atoms with Crippen LogP contribution in [0.2, 0.25) is 8.87 Å². The van der Waals surface area contributed by atoms with Crippen LogP contribution in [0.3, 0.4) is 0 Å². The maximum absolute atomic E-state index is 10.6. The number of aromatic carboxylic acids is 2. The average molecular weight is 563 g/mol. The van der Waals surface area contributed by atoms with Crippen LogP contribution < -0.4 is 10.2 Å². The first-order valence-electron chi connectivity index (χ1n) is 9.38. The predicted octanol–water partition coefficient (Wildman–Crippen LogP) is 2.29. The van der Waals surface area contributed by atoms with E-state index in [-0.39, 0.29) is 32.3 Å². The van der Waals surface area contributed by atoms with Crippen LogP contribution in [-0.2, 0) is 0 Å². The fourth-order valence-corrected chi connectivity index (χ4v) is 5.32. The summed E-state index contributed by atoms with van der Waals surface area (Å²) in [6, 6.07) is 6.43. The Morgan fingerprint density at radius 3 is 1.48 bits per heavy atom. The first-order chi connectivity index (χ1) is 14.8. The molecule has 0 bridgehead atoms. The van der Waals surface area contributed by atoms with Crippen molar-refractivity contribution in [3.8, 4) is 0 Å². The number of aryl methyl sites for hydroxylation is 2. The molecule has 8 nitrogen and oxygen atoms in total. The Bertz CT molecular complexity index is 1100. The van der Waals surface area contributed by atoms with Crippen LogP contribution in [0.15, 0.2) is 24.3 Å². The van der Waals surface area contributed by atoms with Gasteiger partial charge in [-0.2, -0.15) is 0 Å². The number of benzene rings is 2. The van der Waals surface area contributed by atoms with Gasteiger partial charge in [0.2, 0.25) is 0 Å². The van der Waals surface area contributed by atoms with E-state index in [4.69, 9.17) is 0 Å². The van der Waals surface area contributed by atoms with Crippen LogP contribution in [0, 0.1) is 13.8 Å². The van der Waals surface area contributed by atoms with Crippen molar-refractivity contribution in [1.29, 1.82) is 0 Å². The SMILES string of the molecule is C[CH2][Sn+2][CH2]C.Cc1c(C(=O)[O-])ccc2snnc12.Cc1c(C(=O)[O-])ccc2snnc12. The number of carbonyl (C=O) groups excluding carboxylic acids is 2. The predicted molar refractivity (Wildman–Crippen MR) is 120 cm³/mol. The Morgan fingerprint density at radius 2 is 1.19 bits per heavy atom. The molecule has 0 N–H and O–H groups in total. The van der Waals surface area contributed by atoms with Gasteiger partial charge in [0, 0.05) is 11.1 Å². The molecule has 2 aromatic carbocycles. The molecular weight excluding hydrogens is 543 g/mol. The zero-order valence-electron chi connectivity index (χ0n) is 17.5. The Hall–Kier alpha value is -2.18. The minimum absolute atomic E-state index is 0.181. The van der Waals surface area contributed by atoms with Gasteiger partial charge in [-0.1, -0.05) is 21.1 Å². The average Bonchev–Trinajstić information content (AvgIpc) is 3.39. The summed E-state index contributed by atoms with van der Waals surface area (Å²) in [5, 5.41) is 28.9. The molecule has 4 aromatic rings. The van der Waals surface area contributed by atoms with E-state index in [1.54, 1.807) is 26.0 Å². The Kier molecular flexibility index (Phi) is 9.72. The second-order valence-corrected chi connectivity index (χ2v) is 13.3. The Morgan fingerprint density at radius 1 is 0.806 bits per heavy atom. The second kappa shape index (κ2) is 12.0. The molecule has 2 aromatic heterocycles. The minimum Gasteiger partial charge on any atom is -0.545 e. The van der Waals surface area contributed by atoms with Crippen LogP contribution in [0.4, 0.5) is 0 Å². The summed E-state index contributed by atoms with van der Waals surface area (Å²) in [5.41, 5.74) is 2.89. The molecule has 160 valence electrons. The Labute approximate surface area is 197 Å². The van der Waals surface area contributed by atoms with E-state index >= 15 is 0 Å². The normalized spacial score (nSPS) is 9.94.